The molecule has 0 spiro atoms. The zero-order valence-corrected chi connectivity index (χ0v) is 18.4. The number of methoxy groups -OCH3 is 1. The number of carbonyl (C=O) groups excluding carboxylic acids is 2. The van der Waals surface area contributed by atoms with Crippen molar-refractivity contribution in [3.05, 3.63) is 42.2 Å². The number of anilines is 2. The molecular weight excluding hydrogens is 412 g/mol. The van der Waals surface area contributed by atoms with E-state index < -0.39 is 0 Å². The van der Waals surface area contributed by atoms with Gasteiger partial charge in [-0.1, -0.05) is 6.07 Å². The van der Waals surface area contributed by atoms with E-state index in [1.54, 1.807) is 40.0 Å². The lowest BCUT2D eigenvalue weighted by Crippen LogP contribution is -2.42. The highest BCUT2D eigenvalue weighted by molar-refractivity contribution is 6.05. The van der Waals surface area contributed by atoms with Gasteiger partial charge < -0.3 is 24.6 Å². The first-order valence-electron chi connectivity index (χ1n) is 10.3. The monoisotopic (exact) mass is 438 g/mol. The molecule has 0 atom stereocenters. The van der Waals surface area contributed by atoms with Gasteiger partial charge in [-0.2, -0.15) is 5.10 Å². The summed E-state index contributed by atoms with van der Waals surface area (Å²) >= 11 is 0. The molecule has 3 heterocycles. The van der Waals surface area contributed by atoms with Crippen LogP contribution in [0.2, 0.25) is 0 Å². The van der Waals surface area contributed by atoms with Crippen molar-refractivity contribution < 1.29 is 19.1 Å². The van der Waals surface area contributed by atoms with Gasteiger partial charge in [-0.05, 0) is 18.2 Å². The molecule has 0 aliphatic carbocycles. The average molecular weight is 438 g/mol. The van der Waals surface area contributed by atoms with Gasteiger partial charge in [0.1, 0.15) is 23.8 Å². The molecule has 10 nitrogen and oxygen atoms in total. The number of morpholine rings is 1. The normalized spacial score (nSPS) is 13.8. The van der Waals surface area contributed by atoms with Crippen molar-refractivity contribution in [3.8, 4) is 5.75 Å². The highest BCUT2D eigenvalue weighted by Gasteiger charge is 2.19. The second kappa shape index (κ2) is 9.23. The van der Waals surface area contributed by atoms with E-state index in [0.29, 0.717) is 54.8 Å². The van der Waals surface area contributed by atoms with Crippen LogP contribution in [0, 0.1) is 0 Å². The van der Waals surface area contributed by atoms with Crippen LogP contribution in [0.25, 0.3) is 10.9 Å². The zero-order chi connectivity index (χ0) is 22.7. The van der Waals surface area contributed by atoms with E-state index in [1.165, 1.54) is 7.11 Å². The largest absolute Gasteiger partial charge is 0.494 e. The summed E-state index contributed by atoms with van der Waals surface area (Å²) in [7, 11) is 5.26. The smallest absolute Gasteiger partial charge is 0.274 e. The van der Waals surface area contributed by atoms with Crippen LogP contribution in [0.5, 0.6) is 5.75 Å². The van der Waals surface area contributed by atoms with E-state index in [0.717, 1.165) is 5.39 Å². The Bertz CT molecular complexity index is 1140. The van der Waals surface area contributed by atoms with E-state index in [9.17, 15) is 9.59 Å². The molecule has 1 saturated heterocycles. The molecule has 1 aliphatic heterocycles. The molecule has 168 valence electrons. The lowest BCUT2D eigenvalue weighted by molar-refractivity contribution is -0.136. The third-order valence-electron chi connectivity index (χ3n) is 5.21. The van der Waals surface area contributed by atoms with Crippen molar-refractivity contribution in [1.82, 2.24) is 19.7 Å². The Morgan fingerprint density at radius 2 is 2.00 bits per heavy atom. The molecule has 0 unspecified atom stereocenters. The maximum atomic E-state index is 12.8. The minimum atomic E-state index is -0.346. The first-order valence-corrected chi connectivity index (χ1v) is 10.3. The van der Waals surface area contributed by atoms with Crippen LogP contribution in [-0.4, -0.2) is 79.0 Å². The van der Waals surface area contributed by atoms with E-state index in [-0.39, 0.29) is 18.4 Å². The third kappa shape index (κ3) is 4.65. The summed E-state index contributed by atoms with van der Waals surface area (Å²) in [6.07, 6.45) is 1.79. The Morgan fingerprint density at radius 3 is 2.72 bits per heavy atom. The average Bonchev–Trinajstić information content (AvgIpc) is 3.20. The molecule has 1 aliphatic rings. The van der Waals surface area contributed by atoms with Gasteiger partial charge in [0, 0.05) is 44.8 Å². The molecule has 1 N–H and O–H groups in total. The Hall–Kier alpha value is -3.66. The van der Waals surface area contributed by atoms with Crippen molar-refractivity contribution in [2.45, 2.75) is 6.54 Å². The summed E-state index contributed by atoms with van der Waals surface area (Å²) in [5.41, 5.74) is 1.47. The lowest BCUT2D eigenvalue weighted by Gasteiger charge is -2.26. The van der Waals surface area contributed by atoms with Crippen molar-refractivity contribution in [2.75, 3.05) is 57.7 Å². The predicted octanol–water partition coefficient (Wildman–Crippen LogP) is 1.62. The molecule has 0 radical (unpaired) electrons. The number of nitrogens with one attached hydrogen (secondary N) is 1. The SMILES string of the molecule is COc1cc2nn(CC(=O)N3CCOCC3)cc2cc1NC(=O)c1cccc(N(C)C)n1. The van der Waals surface area contributed by atoms with Gasteiger partial charge in [0.05, 0.1) is 31.5 Å². The number of hydrogen-bond acceptors (Lipinski definition) is 7. The van der Waals surface area contributed by atoms with Crippen LogP contribution in [0.3, 0.4) is 0 Å². The van der Waals surface area contributed by atoms with Crippen molar-refractivity contribution in [3.63, 3.8) is 0 Å². The van der Waals surface area contributed by atoms with Crippen LogP contribution in [0.1, 0.15) is 10.5 Å². The zero-order valence-electron chi connectivity index (χ0n) is 18.4. The van der Waals surface area contributed by atoms with Crippen LogP contribution in [0.15, 0.2) is 36.5 Å². The van der Waals surface area contributed by atoms with Crippen molar-refractivity contribution >= 4 is 34.2 Å². The minimum Gasteiger partial charge on any atom is -0.494 e. The molecule has 10 heteroatoms. The van der Waals surface area contributed by atoms with Crippen LogP contribution < -0.4 is 15.0 Å². The van der Waals surface area contributed by atoms with Crippen LogP contribution in [-0.2, 0) is 16.1 Å². The fraction of sp³-hybridized carbons (Fsp3) is 0.364. The lowest BCUT2D eigenvalue weighted by atomic mass is 10.2. The quantitative estimate of drug-likeness (QED) is 0.624. The Morgan fingerprint density at radius 1 is 1.22 bits per heavy atom. The van der Waals surface area contributed by atoms with E-state index in [4.69, 9.17) is 9.47 Å². The molecule has 32 heavy (non-hydrogen) atoms. The minimum absolute atomic E-state index is 0.00607. The molecule has 4 rings (SSSR count). The molecule has 0 saturated carbocycles. The maximum Gasteiger partial charge on any atom is 0.274 e. The fourth-order valence-electron chi connectivity index (χ4n) is 3.49. The molecule has 1 fully saturated rings. The topological polar surface area (TPSA) is 102 Å². The van der Waals surface area contributed by atoms with E-state index in [2.05, 4.69) is 15.4 Å². The summed E-state index contributed by atoms with van der Waals surface area (Å²) < 4.78 is 12.4. The number of nitrogens with zero attached hydrogens (tertiary/aromatic N) is 5. The van der Waals surface area contributed by atoms with Gasteiger partial charge in [0.2, 0.25) is 5.91 Å². The fourth-order valence-corrected chi connectivity index (χ4v) is 3.49. The van der Waals surface area contributed by atoms with E-state index in [1.807, 2.05) is 25.1 Å². The first-order chi connectivity index (χ1) is 15.4. The number of fused-ring (bicyclic) bond motifs is 1. The van der Waals surface area contributed by atoms with Gasteiger partial charge >= 0.3 is 0 Å². The second-order valence-corrected chi connectivity index (χ2v) is 7.66. The molecule has 3 aromatic rings. The van der Waals surface area contributed by atoms with Gasteiger partial charge in [0.25, 0.3) is 5.91 Å². The summed E-state index contributed by atoms with van der Waals surface area (Å²) in [5.74, 6) is 0.806. The molecule has 1 aromatic carbocycles. The van der Waals surface area contributed by atoms with Crippen LogP contribution in [0.4, 0.5) is 11.5 Å². The number of benzene rings is 1. The molecule has 2 aromatic heterocycles. The van der Waals surface area contributed by atoms with Crippen molar-refractivity contribution in [2.24, 2.45) is 0 Å². The Balaban J connectivity index is 1.55. The molecule has 2 amide bonds. The summed E-state index contributed by atoms with van der Waals surface area (Å²) in [6, 6.07) is 8.79. The summed E-state index contributed by atoms with van der Waals surface area (Å²) in [6.45, 7) is 2.43. The number of carbonyl (C=O) groups is 2. The first kappa shape index (κ1) is 21.6. The standard InChI is InChI=1S/C22H26N6O4/c1-26(2)20-6-4-5-16(23-20)22(30)24-18-11-15-13-28(25-17(15)12-19(18)31-3)14-21(29)27-7-9-32-10-8-27/h4-6,11-13H,7-10,14H2,1-3H3,(H,24,30). The maximum absolute atomic E-state index is 12.8. The van der Waals surface area contributed by atoms with E-state index >= 15 is 0 Å². The van der Waals surface area contributed by atoms with Crippen molar-refractivity contribution in [1.29, 1.82) is 0 Å². The molecular formula is C22H26N6O4. The third-order valence-corrected chi connectivity index (χ3v) is 5.21. The summed E-state index contributed by atoms with van der Waals surface area (Å²) in [4.78, 5) is 33.3. The second-order valence-electron chi connectivity index (χ2n) is 7.66. The Kier molecular flexibility index (Phi) is 6.22. The highest BCUT2D eigenvalue weighted by atomic mass is 16.5. The number of ether oxygens (including phenoxy) is 2. The number of rotatable bonds is 6. The number of amides is 2. The van der Waals surface area contributed by atoms with Gasteiger partial charge in [-0.3, -0.25) is 14.3 Å². The van der Waals surface area contributed by atoms with Gasteiger partial charge in [-0.15, -0.1) is 0 Å². The number of aromatic nitrogens is 3. The Labute approximate surface area is 185 Å². The predicted molar refractivity (Wildman–Crippen MR) is 120 cm³/mol. The number of pyridine rings is 1. The van der Waals surface area contributed by atoms with Gasteiger partial charge in [0.15, 0.2) is 0 Å². The molecule has 0 bridgehead atoms. The van der Waals surface area contributed by atoms with Crippen LogP contribution >= 0.6 is 0 Å². The van der Waals surface area contributed by atoms with Gasteiger partial charge in [-0.25, -0.2) is 4.98 Å². The highest BCUT2D eigenvalue weighted by Crippen LogP contribution is 2.30. The summed E-state index contributed by atoms with van der Waals surface area (Å²) in [5, 5.41) is 8.14. The number of hydrogen-bond donors (Lipinski definition) is 1.